The van der Waals surface area contributed by atoms with Crippen LogP contribution in [0.5, 0.6) is 0 Å². The lowest BCUT2D eigenvalue weighted by Crippen LogP contribution is -2.51. The lowest BCUT2D eigenvalue weighted by atomic mass is 9.98. The van der Waals surface area contributed by atoms with Crippen LogP contribution in [0.15, 0.2) is 0 Å². The summed E-state index contributed by atoms with van der Waals surface area (Å²) in [5, 5.41) is 12.0. The molecule has 5 nitrogen and oxygen atoms in total. The average molecular weight is 269 g/mol. The second-order valence-electron chi connectivity index (χ2n) is 5.26. The third-order valence-electron chi connectivity index (χ3n) is 3.66. The number of rotatable bonds is 4. The molecule has 0 aromatic heterocycles. The third-order valence-corrected chi connectivity index (χ3v) is 4.94. The van der Waals surface area contributed by atoms with E-state index in [0.29, 0.717) is 37.1 Å². The molecule has 1 unspecified atom stereocenters. The molecule has 0 spiro atoms. The number of nitriles is 1. The Morgan fingerprint density at radius 2 is 2.11 bits per heavy atom. The molecular formula is C12H19N3O2S. The molecule has 1 heterocycles. The van der Waals surface area contributed by atoms with Crippen LogP contribution in [-0.2, 0) is 15.6 Å². The van der Waals surface area contributed by atoms with Gasteiger partial charge in [0.05, 0.1) is 12.6 Å². The normalized spacial score (nSPS) is 25.1. The number of nitrogens with one attached hydrogen (secondary N) is 1. The molecule has 0 aromatic rings. The van der Waals surface area contributed by atoms with E-state index in [0.717, 1.165) is 12.8 Å². The Bertz CT molecular complexity index is 393. The van der Waals surface area contributed by atoms with Crippen LogP contribution in [0, 0.1) is 17.2 Å². The Balaban J connectivity index is 1.81. The Morgan fingerprint density at radius 3 is 2.61 bits per heavy atom. The molecule has 2 rings (SSSR count). The van der Waals surface area contributed by atoms with E-state index >= 15 is 0 Å². The number of hydrogen-bond donors (Lipinski definition) is 1. The van der Waals surface area contributed by atoms with Gasteiger partial charge in [0.15, 0.2) is 0 Å². The number of hydrogen-bond acceptors (Lipinski definition) is 4. The predicted molar refractivity (Wildman–Crippen MR) is 69.2 cm³/mol. The zero-order valence-electron chi connectivity index (χ0n) is 10.6. The van der Waals surface area contributed by atoms with Gasteiger partial charge in [-0.15, -0.1) is 0 Å². The smallest absolute Gasteiger partial charge is 0.235 e. The summed E-state index contributed by atoms with van der Waals surface area (Å²) in [6, 6.07) is 2.22. The maximum absolute atomic E-state index is 11.9. The standard InChI is InChI=1S/C12H19N3O2S/c1-12(9-13,10-2-3-10)14-11(16)8-15-4-6-18(17)7-5-15/h10H,2-8H2,1H3,(H,14,16). The van der Waals surface area contributed by atoms with Crippen LogP contribution in [0.25, 0.3) is 0 Å². The van der Waals surface area contributed by atoms with E-state index in [1.54, 1.807) is 6.92 Å². The SMILES string of the molecule is CC(C#N)(NC(=O)CN1CCS(=O)CC1)C1CC1. The van der Waals surface area contributed by atoms with Gasteiger partial charge in [-0.1, -0.05) is 0 Å². The van der Waals surface area contributed by atoms with Crippen molar-refractivity contribution in [1.29, 1.82) is 5.26 Å². The fourth-order valence-electron chi connectivity index (χ4n) is 2.25. The Kier molecular flexibility index (Phi) is 4.03. The molecule has 1 saturated carbocycles. The van der Waals surface area contributed by atoms with E-state index in [4.69, 9.17) is 5.26 Å². The van der Waals surface area contributed by atoms with Crippen molar-refractivity contribution in [3.63, 3.8) is 0 Å². The molecule has 1 saturated heterocycles. The minimum Gasteiger partial charge on any atom is -0.337 e. The van der Waals surface area contributed by atoms with Crippen molar-refractivity contribution < 1.29 is 9.00 Å². The summed E-state index contributed by atoms with van der Waals surface area (Å²) in [6.07, 6.45) is 2.04. The van der Waals surface area contributed by atoms with E-state index in [9.17, 15) is 9.00 Å². The Hall–Kier alpha value is -0.930. The minimum atomic E-state index is -0.719. The first kappa shape index (κ1) is 13.5. The lowest BCUT2D eigenvalue weighted by molar-refractivity contribution is -0.123. The second kappa shape index (κ2) is 5.37. The van der Waals surface area contributed by atoms with Crippen LogP contribution < -0.4 is 5.32 Å². The van der Waals surface area contributed by atoms with E-state index < -0.39 is 16.3 Å². The fraction of sp³-hybridized carbons (Fsp3) is 0.833. The van der Waals surface area contributed by atoms with E-state index in [1.165, 1.54) is 0 Å². The quantitative estimate of drug-likeness (QED) is 0.771. The van der Waals surface area contributed by atoms with E-state index in [2.05, 4.69) is 11.4 Å². The molecule has 1 aliphatic heterocycles. The molecule has 1 N–H and O–H groups in total. The first-order chi connectivity index (χ1) is 8.53. The molecule has 18 heavy (non-hydrogen) atoms. The van der Waals surface area contributed by atoms with Crippen molar-refractivity contribution in [3.8, 4) is 6.07 Å². The van der Waals surface area contributed by atoms with Crippen LogP contribution >= 0.6 is 0 Å². The molecule has 0 radical (unpaired) electrons. The minimum absolute atomic E-state index is 0.0985. The van der Waals surface area contributed by atoms with Gasteiger partial charge in [0.25, 0.3) is 0 Å². The maximum atomic E-state index is 11.9. The Labute approximate surface area is 110 Å². The third kappa shape index (κ3) is 3.30. The summed E-state index contributed by atoms with van der Waals surface area (Å²) in [5.41, 5.74) is -0.713. The number of nitrogens with zero attached hydrogens (tertiary/aromatic N) is 2. The zero-order chi connectivity index (χ0) is 13.2. The number of carbonyl (C=O) groups is 1. The maximum Gasteiger partial charge on any atom is 0.235 e. The summed E-state index contributed by atoms with van der Waals surface area (Å²) in [5.74, 6) is 1.50. The van der Waals surface area contributed by atoms with E-state index in [1.807, 2.05) is 4.90 Å². The second-order valence-corrected chi connectivity index (χ2v) is 6.96. The van der Waals surface area contributed by atoms with E-state index in [-0.39, 0.29) is 5.91 Å². The van der Waals surface area contributed by atoms with Crippen molar-refractivity contribution in [2.45, 2.75) is 25.3 Å². The van der Waals surface area contributed by atoms with Crippen LogP contribution in [0.2, 0.25) is 0 Å². The molecule has 1 amide bonds. The summed E-state index contributed by atoms with van der Waals surface area (Å²) < 4.78 is 11.2. The number of carbonyl (C=O) groups excluding carboxylic acids is 1. The van der Waals surface area contributed by atoms with Crippen molar-refractivity contribution in [1.82, 2.24) is 10.2 Å². The van der Waals surface area contributed by atoms with Crippen molar-refractivity contribution in [2.75, 3.05) is 31.1 Å². The van der Waals surface area contributed by atoms with Crippen molar-refractivity contribution >= 4 is 16.7 Å². The van der Waals surface area contributed by atoms with Gasteiger partial charge in [-0.05, 0) is 25.7 Å². The van der Waals surface area contributed by atoms with Crippen LogP contribution in [0.4, 0.5) is 0 Å². The highest BCUT2D eigenvalue weighted by Gasteiger charge is 2.43. The molecule has 2 aliphatic rings. The van der Waals surface area contributed by atoms with Crippen LogP contribution in [0.3, 0.4) is 0 Å². The summed E-state index contributed by atoms with van der Waals surface area (Å²) in [7, 11) is -0.719. The highest BCUT2D eigenvalue weighted by atomic mass is 32.2. The summed E-state index contributed by atoms with van der Waals surface area (Å²) in [4.78, 5) is 13.9. The monoisotopic (exact) mass is 269 g/mol. The van der Waals surface area contributed by atoms with Gasteiger partial charge in [0.1, 0.15) is 5.54 Å². The number of amides is 1. The molecular weight excluding hydrogens is 250 g/mol. The summed E-state index contributed by atoms with van der Waals surface area (Å²) in [6.45, 7) is 3.51. The summed E-state index contributed by atoms with van der Waals surface area (Å²) >= 11 is 0. The lowest BCUT2D eigenvalue weighted by Gasteiger charge is -2.28. The zero-order valence-corrected chi connectivity index (χ0v) is 11.5. The topological polar surface area (TPSA) is 73.2 Å². The fourth-order valence-corrected chi connectivity index (χ4v) is 3.38. The average Bonchev–Trinajstić information content (AvgIpc) is 3.16. The van der Waals surface area contributed by atoms with Crippen molar-refractivity contribution in [3.05, 3.63) is 0 Å². The highest BCUT2D eigenvalue weighted by molar-refractivity contribution is 7.85. The van der Waals surface area contributed by atoms with Gasteiger partial charge in [0, 0.05) is 35.4 Å². The van der Waals surface area contributed by atoms with Gasteiger partial charge in [-0.3, -0.25) is 13.9 Å². The Morgan fingerprint density at radius 1 is 1.50 bits per heavy atom. The molecule has 0 bridgehead atoms. The van der Waals surface area contributed by atoms with Gasteiger partial charge in [0.2, 0.25) is 5.91 Å². The molecule has 100 valence electrons. The first-order valence-corrected chi connectivity index (χ1v) is 7.82. The van der Waals surface area contributed by atoms with Crippen molar-refractivity contribution in [2.24, 2.45) is 5.92 Å². The molecule has 1 aliphatic carbocycles. The van der Waals surface area contributed by atoms with Gasteiger partial charge in [-0.2, -0.15) is 5.26 Å². The van der Waals surface area contributed by atoms with Crippen LogP contribution in [0.1, 0.15) is 19.8 Å². The highest BCUT2D eigenvalue weighted by Crippen LogP contribution is 2.39. The first-order valence-electron chi connectivity index (χ1n) is 6.33. The largest absolute Gasteiger partial charge is 0.337 e. The molecule has 6 heteroatoms. The molecule has 0 aromatic carbocycles. The van der Waals surface area contributed by atoms with Gasteiger partial charge < -0.3 is 5.32 Å². The van der Waals surface area contributed by atoms with Crippen LogP contribution in [-0.4, -0.2) is 51.7 Å². The molecule has 2 fully saturated rings. The molecule has 1 atom stereocenters. The predicted octanol–water partition coefficient (Wildman–Crippen LogP) is -0.141. The van der Waals surface area contributed by atoms with Gasteiger partial charge in [-0.25, -0.2) is 0 Å². The van der Waals surface area contributed by atoms with Gasteiger partial charge >= 0.3 is 0 Å².